The van der Waals surface area contributed by atoms with E-state index in [1.165, 1.54) is 6.07 Å². The first kappa shape index (κ1) is 16.2. The Morgan fingerprint density at radius 2 is 2.14 bits per heavy atom. The van der Waals surface area contributed by atoms with Crippen LogP contribution < -0.4 is 10.6 Å². The maximum Gasteiger partial charge on any atom is 0.336 e. The Hall–Kier alpha value is -1.21. The number of hydrogen-bond donors (Lipinski definition) is 3. The van der Waals surface area contributed by atoms with Crippen molar-refractivity contribution in [1.29, 1.82) is 0 Å². The van der Waals surface area contributed by atoms with Gasteiger partial charge in [0, 0.05) is 21.5 Å². The van der Waals surface area contributed by atoms with Crippen molar-refractivity contribution in [1.82, 2.24) is 5.32 Å². The fourth-order valence-electron chi connectivity index (χ4n) is 2.48. The zero-order valence-electron chi connectivity index (χ0n) is 11.6. The summed E-state index contributed by atoms with van der Waals surface area (Å²) in [5, 5.41) is 15.2. The second-order valence-corrected chi connectivity index (χ2v) is 6.84. The molecule has 0 aliphatic heterocycles. The molecule has 21 heavy (non-hydrogen) atoms. The summed E-state index contributed by atoms with van der Waals surface area (Å²) in [7, 11) is 0. The molecule has 3 N–H and O–H groups in total. The molecule has 0 radical (unpaired) electrons. The minimum atomic E-state index is -1.04. The highest BCUT2D eigenvalue weighted by Crippen LogP contribution is 2.28. The minimum absolute atomic E-state index is 0.121. The quantitative estimate of drug-likeness (QED) is 0.754. The number of carboxylic acids is 1. The Morgan fingerprint density at radius 3 is 2.81 bits per heavy atom. The Morgan fingerprint density at radius 1 is 1.38 bits per heavy atom. The normalized spacial score (nSPS) is 21.0. The van der Waals surface area contributed by atoms with Crippen molar-refractivity contribution in [2.75, 3.05) is 11.6 Å². The van der Waals surface area contributed by atoms with Gasteiger partial charge in [-0.2, -0.15) is 11.8 Å². The van der Waals surface area contributed by atoms with Gasteiger partial charge in [0.1, 0.15) is 0 Å². The van der Waals surface area contributed by atoms with Crippen molar-refractivity contribution in [3.05, 3.63) is 28.2 Å². The Balaban J connectivity index is 1.99. The van der Waals surface area contributed by atoms with Crippen LogP contribution in [-0.4, -0.2) is 34.7 Å². The Labute approximate surface area is 136 Å². The first-order valence-electron chi connectivity index (χ1n) is 6.64. The van der Waals surface area contributed by atoms with Crippen LogP contribution in [0, 0.1) is 0 Å². The summed E-state index contributed by atoms with van der Waals surface area (Å²) in [5.74, 6) is -1.04. The van der Waals surface area contributed by atoms with Crippen LogP contribution in [0.4, 0.5) is 10.5 Å². The average Bonchev–Trinajstić information content (AvgIpc) is 2.87. The summed E-state index contributed by atoms with van der Waals surface area (Å²) >= 11 is 4.94. The van der Waals surface area contributed by atoms with Crippen molar-refractivity contribution in [2.45, 2.75) is 30.6 Å². The predicted octanol–water partition coefficient (Wildman–Crippen LogP) is 3.55. The molecule has 114 valence electrons. The van der Waals surface area contributed by atoms with Crippen LogP contribution in [0.3, 0.4) is 0 Å². The van der Waals surface area contributed by atoms with Crippen LogP contribution in [-0.2, 0) is 0 Å². The van der Waals surface area contributed by atoms with E-state index >= 15 is 0 Å². The number of hydrogen-bond acceptors (Lipinski definition) is 3. The lowest BCUT2D eigenvalue weighted by Gasteiger charge is -2.19. The lowest BCUT2D eigenvalue weighted by atomic mass is 10.2. The summed E-state index contributed by atoms with van der Waals surface area (Å²) in [6.07, 6.45) is 5.28. The number of carbonyl (C=O) groups is 2. The number of nitrogens with one attached hydrogen (secondary N) is 2. The molecule has 2 atom stereocenters. The number of amides is 2. The number of aromatic carboxylic acids is 1. The predicted molar refractivity (Wildman–Crippen MR) is 88.2 cm³/mol. The number of benzene rings is 1. The number of rotatable bonds is 4. The molecular formula is C14H17BrN2O3S. The standard InChI is InChI=1S/C14H17BrN2O3S/c1-21-12-4-2-3-11(12)17-14(20)16-8-5-6-10(15)9(7-8)13(18)19/h5-7,11-12H,2-4H2,1H3,(H,18,19)(H2,16,17,20). The maximum absolute atomic E-state index is 12.0. The molecular weight excluding hydrogens is 356 g/mol. The zero-order chi connectivity index (χ0) is 15.4. The van der Waals surface area contributed by atoms with Gasteiger partial charge in [-0.1, -0.05) is 6.42 Å². The van der Waals surface area contributed by atoms with Crippen molar-refractivity contribution in [2.24, 2.45) is 0 Å². The molecule has 1 aromatic carbocycles. The fourth-order valence-corrected chi connectivity index (χ4v) is 3.83. The van der Waals surface area contributed by atoms with Gasteiger partial charge in [0.05, 0.1) is 5.56 Å². The second-order valence-electron chi connectivity index (χ2n) is 4.91. The Bertz CT molecular complexity index is 553. The molecule has 1 aliphatic carbocycles. The molecule has 0 aromatic heterocycles. The molecule has 0 spiro atoms. The van der Waals surface area contributed by atoms with Gasteiger partial charge in [0.15, 0.2) is 0 Å². The first-order valence-corrected chi connectivity index (χ1v) is 8.72. The van der Waals surface area contributed by atoms with E-state index in [2.05, 4.69) is 32.8 Å². The van der Waals surface area contributed by atoms with Gasteiger partial charge in [-0.15, -0.1) is 0 Å². The highest BCUT2D eigenvalue weighted by atomic mass is 79.9. The minimum Gasteiger partial charge on any atom is -0.478 e. The van der Waals surface area contributed by atoms with Crippen molar-refractivity contribution in [3.8, 4) is 0 Å². The van der Waals surface area contributed by atoms with Gasteiger partial charge < -0.3 is 15.7 Å². The molecule has 2 unspecified atom stereocenters. The molecule has 1 saturated carbocycles. The van der Waals surface area contributed by atoms with Gasteiger partial charge >= 0.3 is 12.0 Å². The van der Waals surface area contributed by atoms with Crippen LogP contribution in [0.1, 0.15) is 29.6 Å². The van der Waals surface area contributed by atoms with E-state index in [4.69, 9.17) is 5.11 Å². The number of carbonyl (C=O) groups excluding carboxylic acids is 1. The van der Waals surface area contributed by atoms with Crippen molar-refractivity contribution < 1.29 is 14.7 Å². The zero-order valence-corrected chi connectivity index (χ0v) is 14.0. The van der Waals surface area contributed by atoms with Gasteiger partial charge in [-0.05, 0) is 53.2 Å². The number of urea groups is 1. The van der Waals surface area contributed by atoms with E-state index in [0.29, 0.717) is 15.4 Å². The monoisotopic (exact) mass is 372 g/mol. The summed E-state index contributed by atoms with van der Waals surface area (Å²) in [6.45, 7) is 0. The molecule has 1 fully saturated rings. The van der Waals surface area contributed by atoms with Gasteiger partial charge in [0.2, 0.25) is 0 Å². The third-order valence-corrected chi connectivity index (χ3v) is 5.39. The molecule has 2 rings (SSSR count). The molecule has 1 aliphatic rings. The van der Waals surface area contributed by atoms with Crippen molar-refractivity contribution >= 4 is 45.4 Å². The first-order chi connectivity index (χ1) is 10.0. The third-order valence-electron chi connectivity index (χ3n) is 3.53. The topological polar surface area (TPSA) is 78.4 Å². The average molecular weight is 373 g/mol. The number of thioether (sulfide) groups is 1. The van der Waals surface area contributed by atoms with E-state index in [1.54, 1.807) is 23.9 Å². The Kier molecular flexibility index (Phi) is 5.52. The van der Waals surface area contributed by atoms with E-state index in [9.17, 15) is 9.59 Å². The largest absolute Gasteiger partial charge is 0.478 e. The van der Waals surface area contributed by atoms with Crippen LogP contribution in [0.25, 0.3) is 0 Å². The SMILES string of the molecule is CSC1CCCC1NC(=O)Nc1ccc(Br)c(C(=O)O)c1. The second kappa shape index (κ2) is 7.17. The highest BCUT2D eigenvalue weighted by molar-refractivity contribution is 9.10. The van der Waals surface area contributed by atoms with Gasteiger partial charge in [-0.3, -0.25) is 0 Å². The molecule has 7 heteroatoms. The number of anilines is 1. The molecule has 2 amide bonds. The smallest absolute Gasteiger partial charge is 0.336 e. The van der Waals surface area contributed by atoms with Crippen molar-refractivity contribution in [3.63, 3.8) is 0 Å². The summed E-state index contributed by atoms with van der Waals surface area (Å²) in [5.41, 5.74) is 0.586. The van der Waals surface area contributed by atoms with Crippen LogP contribution >= 0.6 is 27.7 Å². The van der Waals surface area contributed by atoms with Gasteiger partial charge in [-0.25, -0.2) is 9.59 Å². The molecule has 0 saturated heterocycles. The summed E-state index contributed by atoms with van der Waals surface area (Å²) < 4.78 is 0.485. The molecule has 0 heterocycles. The van der Waals surface area contributed by atoms with Crippen LogP contribution in [0.5, 0.6) is 0 Å². The van der Waals surface area contributed by atoms with Crippen LogP contribution in [0.2, 0.25) is 0 Å². The summed E-state index contributed by atoms with van der Waals surface area (Å²) in [6, 6.07) is 4.59. The van der Waals surface area contributed by atoms with Crippen LogP contribution in [0.15, 0.2) is 22.7 Å². The highest BCUT2D eigenvalue weighted by Gasteiger charge is 2.27. The number of halogens is 1. The van der Waals surface area contributed by atoms with E-state index in [1.807, 2.05) is 0 Å². The lowest BCUT2D eigenvalue weighted by molar-refractivity contribution is 0.0696. The van der Waals surface area contributed by atoms with E-state index in [0.717, 1.165) is 19.3 Å². The fraction of sp³-hybridized carbons (Fsp3) is 0.429. The van der Waals surface area contributed by atoms with E-state index < -0.39 is 5.97 Å². The summed E-state index contributed by atoms with van der Waals surface area (Å²) in [4.78, 5) is 23.1. The third kappa shape index (κ3) is 4.14. The lowest BCUT2D eigenvalue weighted by Crippen LogP contribution is -2.41. The number of carboxylic acid groups (broad SMARTS) is 1. The molecule has 0 bridgehead atoms. The van der Waals surface area contributed by atoms with E-state index in [-0.39, 0.29) is 17.6 Å². The maximum atomic E-state index is 12.0. The van der Waals surface area contributed by atoms with Gasteiger partial charge in [0.25, 0.3) is 0 Å². The molecule has 5 nitrogen and oxygen atoms in total. The molecule has 1 aromatic rings.